The Balaban J connectivity index is 2.06. The van der Waals surface area contributed by atoms with Crippen LogP contribution in [0.3, 0.4) is 0 Å². The van der Waals surface area contributed by atoms with Crippen molar-refractivity contribution >= 4 is 11.6 Å². The minimum absolute atomic E-state index is 0.00961. The van der Waals surface area contributed by atoms with E-state index < -0.39 is 0 Å². The van der Waals surface area contributed by atoms with Crippen LogP contribution in [0, 0.1) is 5.92 Å². The number of anilines is 1. The molecule has 1 atom stereocenters. The number of carbonyl (C=O) groups excluding carboxylic acids is 1. The second kappa shape index (κ2) is 4.63. The van der Waals surface area contributed by atoms with E-state index in [2.05, 4.69) is 20.8 Å². The highest BCUT2D eigenvalue weighted by atomic mass is 16.2. The summed E-state index contributed by atoms with van der Waals surface area (Å²) in [7, 11) is 0. The zero-order valence-corrected chi connectivity index (χ0v) is 11.4. The van der Waals surface area contributed by atoms with Crippen LogP contribution in [0.2, 0.25) is 0 Å². The number of amides is 1. The fourth-order valence-corrected chi connectivity index (χ4v) is 2.93. The summed E-state index contributed by atoms with van der Waals surface area (Å²) >= 11 is 0. The number of nitrogens with zero attached hydrogens (tertiary/aromatic N) is 1. The van der Waals surface area contributed by atoms with Gasteiger partial charge in [-0.15, -0.1) is 0 Å². The molecule has 98 valence electrons. The molecule has 3 nitrogen and oxygen atoms in total. The van der Waals surface area contributed by atoms with Gasteiger partial charge in [0, 0.05) is 17.8 Å². The molecule has 1 aliphatic heterocycles. The van der Waals surface area contributed by atoms with Crippen molar-refractivity contribution in [1.29, 1.82) is 0 Å². The normalized spacial score (nSPS) is 22.2. The van der Waals surface area contributed by atoms with Gasteiger partial charge in [0.15, 0.2) is 0 Å². The summed E-state index contributed by atoms with van der Waals surface area (Å²) in [5, 5.41) is 0. The predicted molar refractivity (Wildman–Crippen MR) is 74.1 cm³/mol. The summed E-state index contributed by atoms with van der Waals surface area (Å²) in [6.45, 7) is 7.38. The molecule has 2 N–H and O–H groups in total. The Hall–Kier alpha value is -1.51. The van der Waals surface area contributed by atoms with Crippen LogP contribution in [0.25, 0.3) is 0 Å². The highest BCUT2D eigenvalue weighted by Gasteiger charge is 2.38. The van der Waals surface area contributed by atoms with Crippen molar-refractivity contribution in [2.24, 2.45) is 5.92 Å². The Morgan fingerprint density at radius 1 is 1.39 bits per heavy atom. The van der Waals surface area contributed by atoms with Crippen molar-refractivity contribution in [2.75, 3.05) is 12.3 Å². The molecule has 3 heteroatoms. The van der Waals surface area contributed by atoms with Crippen molar-refractivity contribution in [3.63, 3.8) is 0 Å². The van der Waals surface area contributed by atoms with Gasteiger partial charge in [-0.1, -0.05) is 19.1 Å². The van der Waals surface area contributed by atoms with Gasteiger partial charge >= 0.3 is 0 Å². The van der Waals surface area contributed by atoms with E-state index in [0.717, 1.165) is 24.2 Å². The standard InChI is InChI=1S/C15H22N2O/c1-11-9-15(2,3)17(10-11)14(18)8-12-4-6-13(16)7-5-12/h4-7,11H,8-10,16H2,1-3H3. The lowest BCUT2D eigenvalue weighted by atomic mass is 9.97. The van der Waals surface area contributed by atoms with Crippen LogP contribution in [0.4, 0.5) is 5.69 Å². The molecule has 1 unspecified atom stereocenters. The Labute approximate surface area is 109 Å². The lowest BCUT2D eigenvalue weighted by Crippen LogP contribution is -2.43. The summed E-state index contributed by atoms with van der Waals surface area (Å²) in [5.41, 5.74) is 7.41. The number of benzene rings is 1. The molecule has 0 spiro atoms. The Morgan fingerprint density at radius 2 is 2.00 bits per heavy atom. The average molecular weight is 246 g/mol. The molecule has 1 saturated heterocycles. The number of nitrogen functional groups attached to an aromatic ring is 1. The first-order chi connectivity index (χ1) is 8.38. The van der Waals surface area contributed by atoms with Crippen LogP contribution in [0.1, 0.15) is 32.8 Å². The molecule has 2 rings (SSSR count). The quantitative estimate of drug-likeness (QED) is 0.815. The van der Waals surface area contributed by atoms with Crippen LogP contribution in [-0.4, -0.2) is 22.9 Å². The molecule has 1 aromatic rings. The number of hydrogen-bond donors (Lipinski definition) is 1. The number of hydrogen-bond acceptors (Lipinski definition) is 2. The summed E-state index contributed by atoms with van der Waals surface area (Å²) in [6, 6.07) is 7.56. The van der Waals surface area contributed by atoms with E-state index in [0.29, 0.717) is 12.3 Å². The smallest absolute Gasteiger partial charge is 0.227 e. The van der Waals surface area contributed by atoms with Gasteiger partial charge in [0.2, 0.25) is 5.91 Å². The zero-order valence-electron chi connectivity index (χ0n) is 11.4. The minimum Gasteiger partial charge on any atom is -0.399 e. The van der Waals surface area contributed by atoms with E-state index in [1.54, 1.807) is 0 Å². The Morgan fingerprint density at radius 3 is 2.50 bits per heavy atom. The molecule has 0 saturated carbocycles. The van der Waals surface area contributed by atoms with Crippen LogP contribution in [-0.2, 0) is 11.2 Å². The van der Waals surface area contributed by atoms with Crippen LogP contribution in [0.15, 0.2) is 24.3 Å². The van der Waals surface area contributed by atoms with E-state index >= 15 is 0 Å². The topological polar surface area (TPSA) is 46.3 Å². The molecule has 1 aliphatic rings. The molecule has 18 heavy (non-hydrogen) atoms. The highest BCUT2D eigenvalue weighted by Crippen LogP contribution is 2.32. The number of carbonyl (C=O) groups is 1. The fraction of sp³-hybridized carbons (Fsp3) is 0.533. The van der Waals surface area contributed by atoms with Gasteiger partial charge in [0.1, 0.15) is 0 Å². The summed E-state index contributed by atoms with van der Waals surface area (Å²) in [4.78, 5) is 14.4. The monoisotopic (exact) mass is 246 g/mol. The third kappa shape index (κ3) is 2.66. The second-order valence-electron chi connectivity index (χ2n) is 6.04. The summed E-state index contributed by atoms with van der Waals surface area (Å²) in [5.74, 6) is 0.810. The highest BCUT2D eigenvalue weighted by molar-refractivity contribution is 5.80. The zero-order chi connectivity index (χ0) is 13.3. The second-order valence-corrected chi connectivity index (χ2v) is 6.04. The van der Waals surface area contributed by atoms with Gasteiger partial charge in [-0.3, -0.25) is 4.79 Å². The van der Waals surface area contributed by atoms with E-state index in [9.17, 15) is 4.79 Å². The maximum absolute atomic E-state index is 12.4. The van der Waals surface area contributed by atoms with Crippen LogP contribution >= 0.6 is 0 Å². The fourth-order valence-electron chi connectivity index (χ4n) is 2.93. The summed E-state index contributed by atoms with van der Waals surface area (Å²) in [6.07, 6.45) is 1.55. The molecule has 0 aromatic heterocycles. The molecule has 0 bridgehead atoms. The third-order valence-electron chi connectivity index (χ3n) is 3.71. The van der Waals surface area contributed by atoms with Gasteiger partial charge in [-0.05, 0) is 43.9 Å². The van der Waals surface area contributed by atoms with Gasteiger partial charge in [-0.2, -0.15) is 0 Å². The van der Waals surface area contributed by atoms with Crippen molar-refractivity contribution in [3.8, 4) is 0 Å². The number of rotatable bonds is 2. The van der Waals surface area contributed by atoms with E-state index in [1.807, 2.05) is 29.2 Å². The third-order valence-corrected chi connectivity index (χ3v) is 3.71. The van der Waals surface area contributed by atoms with E-state index in [-0.39, 0.29) is 11.4 Å². The molecule has 1 aromatic carbocycles. The maximum Gasteiger partial charge on any atom is 0.227 e. The molecule has 0 aliphatic carbocycles. The molecule has 1 amide bonds. The lowest BCUT2D eigenvalue weighted by molar-refractivity contribution is -0.133. The largest absolute Gasteiger partial charge is 0.399 e. The number of nitrogens with two attached hydrogens (primary N) is 1. The first kappa shape index (κ1) is 12.9. The van der Waals surface area contributed by atoms with Crippen molar-refractivity contribution in [1.82, 2.24) is 4.90 Å². The Kier molecular flexibility index (Phi) is 3.33. The lowest BCUT2D eigenvalue weighted by Gasteiger charge is -2.31. The summed E-state index contributed by atoms with van der Waals surface area (Å²) < 4.78 is 0. The van der Waals surface area contributed by atoms with Gasteiger partial charge in [-0.25, -0.2) is 0 Å². The molecular weight excluding hydrogens is 224 g/mol. The number of likely N-dealkylation sites (tertiary alicyclic amines) is 1. The predicted octanol–water partition coefficient (Wildman–Crippen LogP) is 2.46. The molecule has 1 fully saturated rings. The molecular formula is C15H22N2O. The van der Waals surface area contributed by atoms with E-state index in [1.165, 1.54) is 0 Å². The first-order valence-electron chi connectivity index (χ1n) is 6.53. The van der Waals surface area contributed by atoms with Crippen molar-refractivity contribution in [3.05, 3.63) is 29.8 Å². The van der Waals surface area contributed by atoms with Crippen molar-refractivity contribution < 1.29 is 4.79 Å². The van der Waals surface area contributed by atoms with Gasteiger partial charge < -0.3 is 10.6 Å². The van der Waals surface area contributed by atoms with Crippen LogP contribution in [0.5, 0.6) is 0 Å². The maximum atomic E-state index is 12.4. The van der Waals surface area contributed by atoms with Crippen LogP contribution < -0.4 is 5.73 Å². The Bertz CT molecular complexity index is 436. The minimum atomic E-state index is -0.00961. The first-order valence-corrected chi connectivity index (χ1v) is 6.53. The average Bonchev–Trinajstić information content (AvgIpc) is 2.55. The molecule has 0 radical (unpaired) electrons. The van der Waals surface area contributed by atoms with Gasteiger partial charge in [0.05, 0.1) is 6.42 Å². The van der Waals surface area contributed by atoms with E-state index in [4.69, 9.17) is 5.73 Å². The molecule has 1 heterocycles. The van der Waals surface area contributed by atoms with Crippen molar-refractivity contribution in [2.45, 2.75) is 39.2 Å². The SMILES string of the molecule is CC1CN(C(=O)Cc2ccc(N)cc2)C(C)(C)C1. The van der Waals surface area contributed by atoms with Gasteiger partial charge in [0.25, 0.3) is 0 Å².